The van der Waals surface area contributed by atoms with Gasteiger partial charge in [0, 0.05) is 6.54 Å². The third-order valence-electron chi connectivity index (χ3n) is 12.0. The molecule has 4 aliphatic carbocycles. The van der Waals surface area contributed by atoms with Gasteiger partial charge in [-0.2, -0.15) is 0 Å². The zero-order chi connectivity index (χ0) is 27.3. The van der Waals surface area contributed by atoms with Crippen molar-refractivity contribution in [3.63, 3.8) is 0 Å². The molecule has 10 atom stereocenters. The van der Waals surface area contributed by atoms with Crippen molar-refractivity contribution in [3.05, 3.63) is 17.5 Å². The molecule has 4 fully saturated rings. The van der Waals surface area contributed by atoms with Gasteiger partial charge in [0.1, 0.15) is 4.21 Å². The maximum Gasteiger partial charge on any atom is 0.328 e. The molecule has 5 rings (SSSR count). The summed E-state index contributed by atoms with van der Waals surface area (Å²) < 4.78 is 26.9. The summed E-state index contributed by atoms with van der Waals surface area (Å²) in [6.07, 6.45) is 11.7. The van der Waals surface area contributed by atoms with E-state index < -0.39 is 16.1 Å². The summed E-state index contributed by atoms with van der Waals surface area (Å²) >= 11 is 1.10. The van der Waals surface area contributed by atoms with Crippen LogP contribution >= 0.6 is 11.3 Å². The molecule has 1 aromatic rings. The van der Waals surface area contributed by atoms with Gasteiger partial charge < -0.3 is 10.4 Å². The first kappa shape index (κ1) is 28.4. The Hall–Kier alpha value is -1.12. The van der Waals surface area contributed by atoms with Gasteiger partial charge in [0.25, 0.3) is 10.0 Å². The first-order valence-corrected chi connectivity index (χ1v) is 17.4. The molecule has 0 radical (unpaired) electrons. The second kappa shape index (κ2) is 10.7. The highest BCUT2D eigenvalue weighted by Crippen LogP contribution is 2.69. The minimum atomic E-state index is -3.80. The first-order chi connectivity index (χ1) is 18.0. The number of fused-ring (bicyclic) bond motifs is 5. The summed E-state index contributed by atoms with van der Waals surface area (Å²) in [7, 11) is -3.80. The van der Waals surface area contributed by atoms with Crippen molar-refractivity contribution >= 4 is 27.4 Å². The Morgan fingerprint density at radius 3 is 2.55 bits per heavy atom. The van der Waals surface area contributed by atoms with Crippen LogP contribution in [0.15, 0.2) is 21.7 Å². The monoisotopic (exact) mass is 564 g/mol. The second-order valence-electron chi connectivity index (χ2n) is 13.6. The molecule has 0 aliphatic heterocycles. The van der Waals surface area contributed by atoms with Crippen molar-refractivity contribution in [2.45, 2.75) is 102 Å². The molecule has 0 bridgehead atoms. The van der Waals surface area contributed by atoms with Crippen LogP contribution in [0.25, 0.3) is 0 Å². The summed E-state index contributed by atoms with van der Waals surface area (Å²) in [5.41, 5.74) is 0.732. The number of carbonyl (C=O) groups excluding carboxylic acids is 1. The molecule has 1 heterocycles. The van der Waals surface area contributed by atoms with Crippen molar-refractivity contribution in [2.24, 2.45) is 52.3 Å². The smallest absolute Gasteiger partial charge is 0.328 e. The van der Waals surface area contributed by atoms with Gasteiger partial charge in [-0.25, -0.2) is 17.9 Å². The number of amides is 2. The number of hydrogen-bond acceptors (Lipinski definition) is 5. The van der Waals surface area contributed by atoms with Gasteiger partial charge in [-0.3, -0.25) is 0 Å². The number of aliphatic hydroxyl groups excluding tert-OH is 1. The van der Waals surface area contributed by atoms with Crippen LogP contribution in [0.4, 0.5) is 4.79 Å². The third kappa shape index (κ3) is 4.96. The fourth-order valence-corrected chi connectivity index (χ4v) is 12.1. The Balaban J connectivity index is 1.20. The molecule has 0 spiro atoms. The molecule has 8 heteroatoms. The third-order valence-corrected chi connectivity index (χ3v) is 14.7. The van der Waals surface area contributed by atoms with Crippen molar-refractivity contribution in [1.82, 2.24) is 10.0 Å². The van der Waals surface area contributed by atoms with E-state index in [2.05, 4.69) is 37.7 Å². The molecule has 0 saturated heterocycles. The quantitative estimate of drug-likeness (QED) is 0.356. The van der Waals surface area contributed by atoms with E-state index in [-0.39, 0.29) is 10.3 Å². The fraction of sp³-hybridized carbons (Fsp3) is 0.833. The molecule has 2 amide bonds. The van der Waals surface area contributed by atoms with Gasteiger partial charge >= 0.3 is 6.03 Å². The number of urea groups is 1. The number of aliphatic hydroxyl groups is 1. The molecule has 0 aromatic carbocycles. The Labute approximate surface area is 233 Å². The Morgan fingerprint density at radius 2 is 1.84 bits per heavy atom. The summed E-state index contributed by atoms with van der Waals surface area (Å²) in [6.45, 7) is 10.3. The van der Waals surface area contributed by atoms with Crippen molar-refractivity contribution < 1.29 is 18.3 Å². The highest BCUT2D eigenvalue weighted by molar-refractivity contribution is 7.92. The van der Waals surface area contributed by atoms with Crippen LogP contribution in [-0.2, 0) is 10.0 Å². The van der Waals surface area contributed by atoms with Crippen LogP contribution in [0.5, 0.6) is 0 Å². The Kier molecular flexibility index (Phi) is 8.00. The molecule has 4 aliphatic rings. The minimum absolute atomic E-state index is 0.101. The second-order valence-corrected chi connectivity index (χ2v) is 16.5. The maximum atomic E-state index is 12.3. The van der Waals surface area contributed by atoms with E-state index in [0.29, 0.717) is 35.1 Å². The predicted molar refractivity (Wildman–Crippen MR) is 152 cm³/mol. The molecule has 1 aromatic heterocycles. The van der Waals surface area contributed by atoms with Crippen LogP contribution in [0.2, 0.25) is 0 Å². The number of sulfonamides is 1. The van der Waals surface area contributed by atoms with Gasteiger partial charge in [-0.05, 0) is 121 Å². The van der Waals surface area contributed by atoms with E-state index in [1.165, 1.54) is 51.0 Å². The van der Waals surface area contributed by atoms with E-state index in [4.69, 9.17) is 0 Å². The molecule has 38 heavy (non-hydrogen) atoms. The molecular formula is C30H48N2O4S2. The number of hydrogen-bond donors (Lipinski definition) is 3. The van der Waals surface area contributed by atoms with E-state index in [9.17, 15) is 18.3 Å². The zero-order valence-corrected chi connectivity index (χ0v) is 25.3. The molecular weight excluding hydrogens is 516 g/mol. The molecule has 214 valence electrons. The largest absolute Gasteiger partial charge is 0.393 e. The number of nitrogens with one attached hydrogen (secondary N) is 2. The van der Waals surface area contributed by atoms with Crippen LogP contribution in [0.1, 0.15) is 91.9 Å². The van der Waals surface area contributed by atoms with Gasteiger partial charge in [-0.1, -0.05) is 40.2 Å². The maximum absolute atomic E-state index is 12.3. The summed E-state index contributed by atoms with van der Waals surface area (Å²) in [6, 6.07) is 2.52. The lowest BCUT2D eigenvalue weighted by atomic mass is 9.42. The normalized spacial score (nSPS) is 41.4. The van der Waals surface area contributed by atoms with Crippen LogP contribution in [-0.4, -0.2) is 32.2 Å². The summed E-state index contributed by atoms with van der Waals surface area (Å²) in [5.74, 6) is 4.92. The minimum Gasteiger partial charge on any atom is -0.393 e. The van der Waals surface area contributed by atoms with E-state index in [1.807, 2.05) is 0 Å². The van der Waals surface area contributed by atoms with E-state index in [1.54, 1.807) is 11.4 Å². The number of thiophene rings is 1. The standard InChI is InChI=1S/C30H48N2O4S2/c1-5-20-17-22-24-9-8-23(19(2)12-15-31-28(34)32-38(35,36)27-7-6-16-37-27)29(24,3)14-11-25(22)30(4)13-10-21(33)18-26(20)30/h6-7,16,19-26,33H,5,8-15,17-18H2,1-4H3,(H2,31,32,34)/t19-,20+,21-,22+,23-,24+,25+,26+,29-,30-/m1/s1. The van der Waals surface area contributed by atoms with E-state index in [0.717, 1.165) is 54.3 Å². The van der Waals surface area contributed by atoms with E-state index >= 15 is 0 Å². The SMILES string of the molecule is CC[C@H]1C[C@@H]2[C@H](CC[C@]3(C)[C@@H]([C@H](C)CCNC(=O)NS(=O)(=O)c4cccs4)CC[C@@H]23)[C@@]2(C)CC[C@@H](O)C[C@@H]12. The van der Waals surface area contributed by atoms with Crippen molar-refractivity contribution in [2.75, 3.05) is 6.54 Å². The van der Waals surface area contributed by atoms with Gasteiger partial charge in [0.15, 0.2) is 0 Å². The highest BCUT2D eigenvalue weighted by atomic mass is 32.2. The van der Waals surface area contributed by atoms with Crippen molar-refractivity contribution in [1.29, 1.82) is 0 Å². The molecule has 3 N–H and O–H groups in total. The van der Waals surface area contributed by atoms with Crippen LogP contribution in [0.3, 0.4) is 0 Å². The lowest BCUT2D eigenvalue weighted by Crippen LogP contribution is -2.56. The molecule has 0 unspecified atom stereocenters. The van der Waals surface area contributed by atoms with Crippen LogP contribution in [0, 0.1) is 52.3 Å². The lowest BCUT2D eigenvalue weighted by Gasteiger charge is -2.63. The van der Waals surface area contributed by atoms with Crippen LogP contribution < -0.4 is 10.0 Å². The molecule has 6 nitrogen and oxygen atoms in total. The predicted octanol–water partition coefficient (Wildman–Crippen LogP) is 6.42. The van der Waals surface area contributed by atoms with Gasteiger partial charge in [0.2, 0.25) is 0 Å². The first-order valence-electron chi connectivity index (χ1n) is 15.0. The fourth-order valence-electron chi connectivity index (χ4n) is 10.1. The summed E-state index contributed by atoms with van der Waals surface area (Å²) in [5, 5.41) is 15.0. The zero-order valence-electron chi connectivity index (χ0n) is 23.6. The number of carbonyl (C=O) groups is 1. The average Bonchev–Trinajstić information content (AvgIpc) is 3.52. The van der Waals surface area contributed by atoms with Gasteiger partial charge in [0.05, 0.1) is 6.10 Å². The lowest BCUT2D eigenvalue weighted by molar-refractivity contribution is -0.152. The Bertz CT molecular complexity index is 1090. The van der Waals surface area contributed by atoms with Crippen molar-refractivity contribution in [3.8, 4) is 0 Å². The average molecular weight is 565 g/mol. The Morgan fingerprint density at radius 1 is 1.11 bits per heavy atom. The topological polar surface area (TPSA) is 95.5 Å². The van der Waals surface area contributed by atoms with Gasteiger partial charge in [-0.15, -0.1) is 11.3 Å². The molecule has 4 saturated carbocycles. The number of rotatable bonds is 7. The summed E-state index contributed by atoms with van der Waals surface area (Å²) in [4.78, 5) is 12.3. The highest BCUT2D eigenvalue weighted by Gasteiger charge is 2.62.